The third kappa shape index (κ3) is 4.69. The molecule has 2 aromatic carbocycles. The van der Waals surface area contributed by atoms with E-state index in [2.05, 4.69) is 29.9 Å². The summed E-state index contributed by atoms with van der Waals surface area (Å²) in [6.07, 6.45) is 0. The fourth-order valence-corrected chi connectivity index (χ4v) is 3.34. The number of carbonyl (C=O) groups excluding carboxylic acids is 2. The third-order valence-electron chi connectivity index (χ3n) is 4.42. The number of nitrogens with zero attached hydrogens (tertiary/aromatic N) is 3. The minimum Gasteiger partial charge on any atom is -0.359 e. The minimum atomic E-state index is -0.451. The molecule has 10 heteroatoms. The molecule has 158 valence electrons. The van der Waals surface area contributed by atoms with Crippen molar-refractivity contribution in [3.8, 4) is 0 Å². The van der Waals surface area contributed by atoms with Crippen molar-refractivity contribution in [1.29, 1.82) is 0 Å². The lowest BCUT2D eigenvalue weighted by Crippen LogP contribution is -2.19. The second-order valence-electron chi connectivity index (χ2n) is 7.87. The van der Waals surface area contributed by atoms with Crippen molar-refractivity contribution in [1.82, 2.24) is 13.9 Å². The molecule has 2 aromatic heterocycles. The number of aromatic nitrogens is 3. The molecule has 0 fully saturated rings. The van der Waals surface area contributed by atoms with Crippen LogP contribution in [0.4, 0.5) is 22.0 Å². The Kier molecular flexibility index (Phi) is 5.38. The number of rotatable bonds is 4. The minimum absolute atomic E-state index is 0.203. The van der Waals surface area contributed by atoms with E-state index in [4.69, 9.17) is 4.52 Å². The molecule has 0 aliphatic carbocycles. The first-order valence-electron chi connectivity index (χ1n) is 9.47. The summed E-state index contributed by atoms with van der Waals surface area (Å²) in [5.41, 5.74) is 2.65. The monoisotopic (exact) mass is 436 g/mol. The molecule has 4 rings (SSSR count). The topological polar surface area (TPSA) is 122 Å². The quantitative estimate of drug-likeness (QED) is 0.419. The van der Waals surface area contributed by atoms with Crippen LogP contribution in [-0.4, -0.2) is 25.8 Å². The molecule has 0 saturated heterocycles. The van der Waals surface area contributed by atoms with Crippen LogP contribution in [0.25, 0.3) is 11.0 Å². The molecule has 3 N–H and O–H groups in total. The molecule has 9 nitrogen and oxygen atoms in total. The van der Waals surface area contributed by atoms with E-state index in [1.807, 2.05) is 26.8 Å². The van der Waals surface area contributed by atoms with E-state index in [-0.39, 0.29) is 11.3 Å². The smallest absolute Gasteiger partial charge is 0.324 e. The van der Waals surface area contributed by atoms with Crippen LogP contribution in [0.2, 0.25) is 0 Å². The molecule has 0 aliphatic heterocycles. The van der Waals surface area contributed by atoms with Crippen LogP contribution in [0.3, 0.4) is 0 Å². The fourth-order valence-electron chi connectivity index (χ4n) is 2.79. The molecular weight excluding hydrogens is 416 g/mol. The molecule has 31 heavy (non-hydrogen) atoms. The zero-order valence-electron chi connectivity index (χ0n) is 17.1. The number of urea groups is 1. The average Bonchev–Trinajstić information content (AvgIpc) is 3.38. The highest BCUT2D eigenvalue weighted by Crippen LogP contribution is 2.24. The van der Waals surface area contributed by atoms with E-state index in [0.717, 1.165) is 11.7 Å². The zero-order valence-corrected chi connectivity index (χ0v) is 17.9. The second-order valence-corrected chi connectivity index (χ2v) is 8.40. The molecule has 0 aliphatic rings. The summed E-state index contributed by atoms with van der Waals surface area (Å²) in [6.45, 7) is 5.98. The summed E-state index contributed by atoms with van der Waals surface area (Å²) in [5.74, 6) is 0.724. The van der Waals surface area contributed by atoms with Gasteiger partial charge in [-0.1, -0.05) is 32.0 Å². The molecule has 4 aromatic rings. The van der Waals surface area contributed by atoms with Crippen LogP contribution in [-0.2, 0) is 5.41 Å². The zero-order chi connectivity index (χ0) is 22.0. The van der Waals surface area contributed by atoms with Gasteiger partial charge in [0.15, 0.2) is 5.82 Å². The number of carbonyl (C=O) groups is 2. The van der Waals surface area contributed by atoms with E-state index in [0.29, 0.717) is 39.5 Å². The normalized spacial score (nSPS) is 11.3. The Morgan fingerprint density at radius 2 is 1.65 bits per heavy atom. The number of benzene rings is 2. The van der Waals surface area contributed by atoms with Crippen LogP contribution < -0.4 is 16.0 Å². The van der Waals surface area contributed by atoms with E-state index < -0.39 is 6.03 Å². The summed E-state index contributed by atoms with van der Waals surface area (Å²) in [7, 11) is 0. The van der Waals surface area contributed by atoms with Crippen LogP contribution in [0, 0.1) is 0 Å². The molecule has 2 heterocycles. The highest BCUT2D eigenvalue weighted by atomic mass is 32.1. The van der Waals surface area contributed by atoms with Crippen molar-refractivity contribution in [3.05, 3.63) is 59.9 Å². The van der Waals surface area contributed by atoms with Crippen molar-refractivity contribution < 1.29 is 14.1 Å². The summed E-state index contributed by atoms with van der Waals surface area (Å²) in [6, 6.07) is 13.3. The van der Waals surface area contributed by atoms with Gasteiger partial charge in [-0.2, -0.15) is 8.75 Å². The summed E-state index contributed by atoms with van der Waals surface area (Å²) >= 11 is 1.06. The molecule has 0 spiro atoms. The van der Waals surface area contributed by atoms with Gasteiger partial charge in [-0.25, -0.2) is 4.79 Å². The van der Waals surface area contributed by atoms with Crippen molar-refractivity contribution >= 4 is 51.9 Å². The van der Waals surface area contributed by atoms with E-state index in [1.165, 1.54) is 0 Å². The fraction of sp³-hybridized carbons (Fsp3) is 0.190. The van der Waals surface area contributed by atoms with Crippen LogP contribution in [0.15, 0.2) is 53.1 Å². The lowest BCUT2D eigenvalue weighted by molar-refractivity contribution is 0.102. The molecule has 0 radical (unpaired) electrons. The average molecular weight is 436 g/mol. The van der Waals surface area contributed by atoms with E-state index >= 15 is 0 Å². The Morgan fingerprint density at radius 3 is 2.32 bits per heavy atom. The molecular formula is C21H20N6O3S. The Labute approximate surface area is 182 Å². The number of nitrogens with one attached hydrogen (secondary N) is 3. The largest absolute Gasteiger partial charge is 0.359 e. The van der Waals surface area contributed by atoms with Crippen molar-refractivity contribution in [3.63, 3.8) is 0 Å². The first kappa shape index (κ1) is 20.5. The van der Waals surface area contributed by atoms with Crippen LogP contribution in [0.5, 0.6) is 0 Å². The van der Waals surface area contributed by atoms with Crippen LogP contribution in [0.1, 0.15) is 36.9 Å². The molecule has 3 amide bonds. The Hall–Kier alpha value is -3.79. The van der Waals surface area contributed by atoms with E-state index in [1.54, 1.807) is 42.5 Å². The summed E-state index contributed by atoms with van der Waals surface area (Å²) in [4.78, 5) is 24.8. The predicted molar refractivity (Wildman–Crippen MR) is 120 cm³/mol. The first-order valence-corrected chi connectivity index (χ1v) is 10.2. The SMILES string of the molecule is CC(C)(C)c1cc(NC(=O)Nc2ccc(NC(=O)c3cccc4nsnc34)cc2)no1. The Bertz CT molecular complexity index is 1240. The molecule has 0 saturated carbocycles. The number of fused-ring (bicyclic) bond motifs is 1. The maximum atomic E-state index is 12.6. The lowest BCUT2D eigenvalue weighted by atomic mass is 9.93. The maximum absolute atomic E-state index is 12.6. The highest BCUT2D eigenvalue weighted by Gasteiger charge is 2.20. The van der Waals surface area contributed by atoms with Gasteiger partial charge < -0.3 is 15.2 Å². The van der Waals surface area contributed by atoms with Gasteiger partial charge in [0, 0.05) is 22.9 Å². The molecule has 0 bridgehead atoms. The number of anilines is 3. The van der Waals surface area contributed by atoms with Gasteiger partial charge in [-0.3, -0.25) is 10.1 Å². The lowest BCUT2D eigenvalue weighted by Gasteiger charge is -2.12. The number of hydrogen-bond donors (Lipinski definition) is 3. The van der Waals surface area contributed by atoms with Gasteiger partial charge in [0.1, 0.15) is 16.8 Å². The maximum Gasteiger partial charge on any atom is 0.324 e. The van der Waals surface area contributed by atoms with Crippen molar-refractivity contribution in [2.24, 2.45) is 0 Å². The van der Waals surface area contributed by atoms with E-state index in [9.17, 15) is 9.59 Å². The first-order chi connectivity index (χ1) is 14.8. The van der Waals surface area contributed by atoms with Gasteiger partial charge in [0.25, 0.3) is 5.91 Å². The highest BCUT2D eigenvalue weighted by molar-refractivity contribution is 7.00. The van der Waals surface area contributed by atoms with Gasteiger partial charge in [-0.05, 0) is 36.4 Å². The van der Waals surface area contributed by atoms with Gasteiger partial charge >= 0.3 is 6.03 Å². The van der Waals surface area contributed by atoms with Crippen LogP contribution >= 0.6 is 11.7 Å². The van der Waals surface area contributed by atoms with Gasteiger partial charge in [0.05, 0.1) is 17.3 Å². The third-order valence-corrected chi connectivity index (χ3v) is 4.96. The second kappa shape index (κ2) is 8.15. The molecule has 0 atom stereocenters. The Balaban J connectivity index is 1.37. The predicted octanol–water partition coefficient (Wildman–Crippen LogP) is 4.87. The van der Waals surface area contributed by atoms with Crippen molar-refractivity contribution in [2.75, 3.05) is 16.0 Å². The van der Waals surface area contributed by atoms with Gasteiger partial charge in [-0.15, -0.1) is 0 Å². The summed E-state index contributed by atoms with van der Waals surface area (Å²) in [5, 5.41) is 12.0. The van der Waals surface area contributed by atoms with Crippen molar-refractivity contribution in [2.45, 2.75) is 26.2 Å². The molecule has 0 unspecified atom stereocenters. The van der Waals surface area contributed by atoms with Gasteiger partial charge in [0.2, 0.25) is 0 Å². The Morgan fingerprint density at radius 1 is 0.935 bits per heavy atom. The standard InChI is InChI=1S/C21H20N6O3S/c1-21(2,3)16-11-17(25-30-16)24-20(29)23-13-9-7-12(8-10-13)22-19(28)14-5-4-6-15-18(14)27-31-26-15/h4-11H,1-3H3,(H,22,28)(H2,23,24,25,29). The number of amides is 3. The number of hydrogen-bond acceptors (Lipinski definition) is 7. The summed E-state index contributed by atoms with van der Waals surface area (Å²) < 4.78 is 13.6.